The van der Waals surface area contributed by atoms with E-state index < -0.39 is 12.0 Å². The van der Waals surface area contributed by atoms with Crippen LogP contribution in [0.2, 0.25) is 10.0 Å². The summed E-state index contributed by atoms with van der Waals surface area (Å²) >= 11 is 13.1. The van der Waals surface area contributed by atoms with Gasteiger partial charge in [0.15, 0.2) is 5.82 Å². The Labute approximate surface area is 299 Å². The third kappa shape index (κ3) is 5.04. The van der Waals surface area contributed by atoms with E-state index >= 15 is 4.39 Å². The molecule has 6 atom stereocenters. The molecule has 3 saturated heterocycles. The van der Waals surface area contributed by atoms with Gasteiger partial charge in [0.25, 0.3) is 0 Å². The number of benzene rings is 2. The summed E-state index contributed by atoms with van der Waals surface area (Å²) in [6, 6.07) is 13.9. The van der Waals surface area contributed by atoms with Crippen molar-refractivity contribution in [2.75, 3.05) is 13.1 Å². The smallest absolute Gasteiger partial charge is 0.211 e. The van der Waals surface area contributed by atoms with Crippen molar-refractivity contribution in [3.8, 4) is 23.1 Å². The number of hydrogen-bond donors (Lipinski definition) is 2. The van der Waals surface area contributed by atoms with Gasteiger partial charge in [-0.05, 0) is 68.2 Å². The minimum atomic E-state index is -0.584. The predicted octanol–water partition coefficient (Wildman–Crippen LogP) is 7.26. The lowest BCUT2D eigenvalue weighted by Gasteiger charge is -2.40. The van der Waals surface area contributed by atoms with Crippen LogP contribution in [0.5, 0.6) is 5.88 Å². The zero-order chi connectivity index (χ0) is 34.4. The van der Waals surface area contributed by atoms with Crippen LogP contribution in [-0.4, -0.2) is 60.8 Å². The average molecular weight is 715 g/mol. The van der Waals surface area contributed by atoms with Crippen LogP contribution in [0, 0.1) is 35.9 Å². The zero-order valence-corrected chi connectivity index (χ0v) is 29.4. The molecule has 12 heteroatoms. The minimum Gasteiger partial charge on any atom is -0.473 e. The quantitative estimate of drug-likeness (QED) is 0.166. The van der Waals surface area contributed by atoms with Crippen LogP contribution in [0.15, 0.2) is 42.6 Å². The molecule has 258 valence electrons. The summed E-state index contributed by atoms with van der Waals surface area (Å²) in [6.45, 7) is 3.46. The van der Waals surface area contributed by atoms with Gasteiger partial charge in [-0.3, -0.25) is 4.90 Å². The SMILES string of the molecule is Cc1nc2c(F)c(-c3cccc(Cl)c3Cl)c(CCC#N)cc2c2c1cc([C@H]1C[C@H](Oc3ccnn3C)CN1C(O)C1CC1)n2[C@H]1[C@H]2CN[C@@H]1C2. The predicted molar refractivity (Wildman–Crippen MR) is 191 cm³/mol. The molecule has 5 fully saturated rings. The molecule has 2 bridgehead atoms. The summed E-state index contributed by atoms with van der Waals surface area (Å²) < 4.78 is 27.8. The van der Waals surface area contributed by atoms with Gasteiger partial charge in [-0.2, -0.15) is 10.4 Å². The van der Waals surface area contributed by atoms with Gasteiger partial charge in [-0.25, -0.2) is 14.1 Å². The third-order valence-electron chi connectivity index (χ3n) is 11.5. The summed E-state index contributed by atoms with van der Waals surface area (Å²) in [4.78, 5) is 7.15. The molecule has 2 saturated carbocycles. The molecule has 0 amide bonds. The standard InChI is InChI=1S/C38H38Cl2FN7O2/c1-19-25-16-30(29-15-23(50-31-10-12-44-46(31)2)18-47(29)38(49)20-8-9-20)48(36-22-14-28(36)43-17-22)37(25)26-13-21(5-4-11-42)32(34(41)35(26)45-19)24-6-3-7-27(39)33(24)40/h3,6-7,10,12-13,16,20,22-23,28-29,36,38,43,49H,4-5,8-9,14-15,17-18H2,1-2H3/t22-,23+,28-,29-,36+,38?/m1/s1. The number of likely N-dealkylation sites (tertiary alicyclic amines) is 1. The largest absolute Gasteiger partial charge is 0.473 e. The van der Waals surface area contributed by atoms with Crippen LogP contribution in [-0.2, 0) is 13.5 Å². The number of nitrogens with zero attached hydrogens (tertiary/aromatic N) is 6. The Hall–Kier alpha value is -3.72. The van der Waals surface area contributed by atoms with E-state index in [4.69, 9.17) is 32.9 Å². The number of aromatic nitrogens is 4. The Bertz CT molecular complexity index is 2190. The lowest BCUT2D eigenvalue weighted by molar-refractivity contribution is -0.0276. The highest BCUT2D eigenvalue weighted by Crippen LogP contribution is 2.51. The molecular weight excluding hydrogens is 676 g/mol. The number of aliphatic hydroxyl groups is 1. The first-order valence-electron chi connectivity index (χ1n) is 17.5. The van der Waals surface area contributed by atoms with E-state index in [-0.39, 0.29) is 41.1 Å². The van der Waals surface area contributed by atoms with Gasteiger partial charge >= 0.3 is 0 Å². The maximum atomic E-state index is 17.2. The molecule has 0 spiro atoms. The Kier molecular flexibility index (Phi) is 7.86. The van der Waals surface area contributed by atoms with Gasteiger partial charge in [0.2, 0.25) is 5.88 Å². The van der Waals surface area contributed by atoms with Crippen LogP contribution in [0.1, 0.15) is 61.1 Å². The van der Waals surface area contributed by atoms with E-state index in [0.29, 0.717) is 64.3 Å². The van der Waals surface area contributed by atoms with Gasteiger partial charge in [0.1, 0.15) is 17.8 Å². The van der Waals surface area contributed by atoms with Crippen molar-refractivity contribution in [1.29, 1.82) is 5.26 Å². The van der Waals surface area contributed by atoms with Crippen molar-refractivity contribution in [2.24, 2.45) is 18.9 Å². The second kappa shape index (κ2) is 12.2. The third-order valence-corrected chi connectivity index (χ3v) is 12.3. The molecule has 6 heterocycles. The van der Waals surface area contributed by atoms with Crippen molar-refractivity contribution in [3.63, 3.8) is 0 Å². The van der Waals surface area contributed by atoms with E-state index in [1.54, 1.807) is 29.1 Å². The summed E-state index contributed by atoms with van der Waals surface area (Å²) in [7, 11) is 1.87. The number of pyridine rings is 1. The number of rotatable bonds is 9. The fourth-order valence-electron chi connectivity index (χ4n) is 8.90. The molecule has 50 heavy (non-hydrogen) atoms. The topological polar surface area (TPSA) is 104 Å². The van der Waals surface area contributed by atoms with Crippen LogP contribution in [0.4, 0.5) is 4.39 Å². The Balaban J connectivity index is 1.27. The van der Waals surface area contributed by atoms with E-state index in [0.717, 1.165) is 48.1 Å². The first kappa shape index (κ1) is 32.2. The molecular formula is C38H38Cl2FN7O2. The fourth-order valence-corrected chi connectivity index (χ4v) is 9.30. The zero-order valence-electron chi connectivity index (χ0n) is 27.9. The number of nitrogens with one attached hydrogen (secondary N) is 1. The molecule has 3 aromatic heterocycles. The highest BCUT2D eigenvalue weighted by atomic mass is 35.5. The van der Waals surface area contributed by atoms with Crippen LogP contribution >= 0.6 is 23.2 Å². The number of aryl methyl sites for hydroxylation is 3. The molecule has 10 rings (SSSR count). The summed E-state index contributed by atoms with van der Waals surface area (Å²) in [5.74, 6) is 0.908. The van der Waals surface area contributed by atoms with E-state index in [1.165, 1.54) is 0 Å². The van der Waals surface area contributed by atoms with Crippen molar-refractivity contribution < 1.29 is 14.2 Å². The molecule has 2 aliphatic carbocycles. The average Bonchev–Trinajstić information content (AvgIpc) is 3.52. The lowest BCUT2D eigenvalue weighted by Crippen LogP contribution is -2.42. The Morgan fingerprint density at radius 3 is 2.72 bits per heavy atom. The number of hydrogen-bond acceptors (Lipinski definition) is 7. The van der Waals surface area contributed by atoms with Gasteiger partial charge in [0, 0.05) is 78.4 Å². The Morgan fingerprint density at radius 1 is 1.18 bits per heavy atom. The second-order valence-electron chi connectivity index (χ2n) is 14.5. The molecule has 2 N–H and O–H groups in total. The normalized spacial score (nSPS) is 25.3. The molecule has 3 aliphatic heterocycles. The van der Waals surface area contributed by atoms with Crippen molar-refractivity contribution in [1.82, 2.24) is 29.5 Å². The lowest BCUT2D eigenvalue weighted by atomic mass is 9.79. The van der Waals surface area contributed by atoms with Crippen LogP contribution in [0.3, 0.4) is 0 Å². The van der Waals surface area contributed by atoms with Gasteiger partial charge < -0.3 is 19.7 Å². The molecule has 9 nitrogen and oxygen atoms in total. The van der Waals surface area contributed by atoms with E-state index in [9.17, 15) is 10.4 Å². The number of nitriles is 1. The van der Waals surface area contributed by atoms with Gasteiger partial charge in [-0.1, -0.05) is 35.3 Å². The van der Waals surface area contributed by atoms with Gasteiger partial charge in [-0.15, -0.1) is 0 Å². The molecule has 5 aromatic rings. The van der Waals surface area contributed by atoms with Crippen molar-refractivity contribution in [3.05, 3.63) is 75.4 Å². The second-order valence-corrected chi connectivity index (χ2v) is 15.3. The number of halogens is 3. The first-order valence-corrected chi connectivity index (χ1v) is 18.3. The van der Waals surface area contributed by atoms with Crippen molar-refractivity contribution in [2.45, 2.75) is 75.9 Å². The van der Waals surface area contributed by atoms with E-state index in [1.807, 2.05) is 26.1 Å². The van der Waals surface area contributed by atoms with E-state index in [2.05, 4.69) is 32.0 Å². The summed E-state index contributed by atoms with van der Waals surface area (Å²) in [5, 5.41) is 31.6. The maximum Gasteiger partial charge on any atom is 0.211 e. The number of fused-ring (bicyclic) bond motifs is 4. The molecule has 0 radical (unpaired) electrons. The van der Waals surface area contributed by atoms with Crippen molar-refractivity contribution >= 4 is 45.0 Å². The fraction of sp³-hybridized carbons (Fsp3) is 0.447. The molecule has 2 aromatic carbocycles. The number of ether oxygens (including phenoxy) is 1. The summed E-state index contributed by atoms with van der Waals surface area (Å²) in [5.41, 5.74) is 4.55. The Morgan fingerprint density at radius 2 is 2.02 bits per heavy atom. The highest BCUT2D eigenvalue weighted by Gasteiger charge is 2.51. The molecule has 1 unspecified atom stereocenters. The maximum absolute atomic E-state index is 17.2. The summed E-state index contributed by atoms with van der Waals surface area (Å²) in [6.07, 6.45) is 5.35. The van der Waals surface area contributed by atoms with Crippen LogP contribution in [0.25, 0.3) is 32.9 Å². The molecule has 5 aliphatic rings. The monoisotopic (exact) mass is 713 g/mol. The van der Waals surface area contributed by atoms with Gasteiger partial charge in [0.05, 0.1) is 39.9 Å². The van der Waals surface area contributed by atoms with Crippen LogP contribution < -0.4 is 10.1 Å². The first-order chi connectivity index (χ1) is 24.2. The minimum absolute atomic E-state index is 0.127. The highest BCUT2D eigenvalue weighted by molar-refractivity contribution is 6.43. The number of aliphatic hydroxyl groups excluding tert-OH is 1.